The minimum atomic E-state index is -0.287. The van der Waals surface area contributed by atoms with Gasteiger partial charge in [-0.15, -0.1) is 0 Å². The first kappa shape index (κ1) is 8.30. The third kappa shape index (κ3) is 1.57. The van der Waals surface area contributed by atoms with Gasteiger partial charge in [0.15, 0.2) is 0 Å². The maximum absolute atomic E-state index is 12.8. The maximum atomic E-state index is 12.8. The molecule has 1 nitrogen and oxygen atoms in total. The second-order valence-electron chi connectivity index (χ2n) is 3.72. The van der Waals surface area contributed by atoms with Gasteiger partial charge in [0.1, 0.15) is 17.2 Å². The maximum Gasteiger partial charge on any atom is 0.128 e. The molecule has 0 atom stereocenters. The molecule has 2 rings (SSSR count). The Hall–Kier alpha value is -1.31. The number of rotatable bonds is 0. The lowest BCUT2D eigenvalue weighted by Gasteiger charge is -2.27. The summed E-state index contributed by atoms with van der Waals surface area (Å²) >= 11 is 0. The molecule has 0 fully saturated rings. The van der Waals surface area contributed by atoms with E-state index in [-0.39, 0.29) is 11.4 Å². The Bertz CT molecular complexity index is 366. The van der Waals surface area contributed by atoms with Gasteiger partial charge in [0.25, 0.3) is 0 Å². The van der Waals surface area contributed by atoms with Gasteiger partial charge >= 0.3 is 0 Å². The van der Waals surface area contributed by atoms with Crippen LogP contribution in [0.5, 0.6) is 5.75 Å². The van der Waals surface area contributed by atoms with Crippen LogP contribution in [0, 0.1) is 5.82 Å². The van der Waals surface area contributed by atoms with Crippen molar-refractivity contribution in [3.63, 3.8) is 0 Å². The monoisotopic (exact) mass is 178 g/mol. The lowest BCUT2D eigenvalue weighted by atomic mass is 10.0. The van der Waals surface area contributed by atoms with Gasteiger partial charge in [0.05, 0.1) is 0 Å². The Kier molecular flexibility index (Phi) is 1.65. The largest absolute Gasteiger partial charge is 0.483 e. The highest BCUT2D eigenvalue weighted by Crippen LogP contribution is 2.30. The third-order valence-corrected chi connectivity index (χ3v) is 2.01. The number of benzene rings is 1. The zero-order valence-electron chi connectivity index (χ0n) is 7.67. The molecule has 0 N–H and O–H groups in total. The van der Waals surface area contributed by atoms with E-state index >= 15 is 0 Å². The van der Waals surface area contributed by atoms with Crippen molar-refractivity contribution < 1.29 is 9.13 Å². The summed E-state index contributed by atoms with van der Waals surface area (Å²) in [4.78, 5) is 0. The van der Waals surface area contributed by atoms with E-state index in [9.17, 15) is 4.39 Å². The van der Waals surface area contributed by atoms with E-state index in [2.05, 4.69) is 0 Å². The minimum absolute atomic E-state index is 0.230. The first-order chi connectivity index (χ1) is 6.07. The van der Waals surface area contributed by atoms with Gasteiger partial charge in [-0.25, -0.2) is 4.39 Å². The highest BCUT2D eigenvalue weighted by Gasteiger charge is 2.21. The normalized spacial score (nSPS) is 17.8. The molecule has 1 aromatic rings. The van der Waals surface area contributed by atoms with E-state index in [0.717, 1.165) is 11.3 Å². The van der Waals surface area contributed by atoms with Gasteiger partial charge in [-0.2, -0.15) is 0 Å². The first-order valence-corrected chi connectivity index (χ1v) is 4.25. The summed E-state index contributed by atoms with van der Waals surface area (Å²) in [6.45, 7) is 3.94. The summed E-state index contributed by atoms with van der Waals surface area (Å²) in [7, 11) is 0. The number of fused-ring (bicyclic) bond motifs is 1. The summed E-state index contributed by atoms with van der Waals surface area (Å²) < 4.78 is 18.4. The highest BCUT2D eigenvalue weighted by molar-refractivity contribution is 5.60. The summed E-state index contributed by atoms with van der Waals surface area (Å²) in [6.07, 6.45) is 3.82. The average molecular weight is 178 g/mol. The average Bonchev–Trinajstić information content (AvgIpc) is 2.05. The molecule has 0 saturated heterocycles. The molecule has 0 unspecified atom stereocenters. The van der Waals surface area contributed by atoms with Gasteiger partial charge in [-0.3, -0.25) is 0 Å². The van der Waals surface area contributed by atoms with Crippen molar-refractivity contribution in [1.82, 2.24) is 0 Å². The zero-order valence-corrected chi connectivity index (χ0v) is 7.67. The van der Waals surface area contributed by atoms with Crippen LogP contribution in [-0.4, -0.2) is 5.60 Å². The number of hydrogen-bond donors (Lipinski definition) is 0. The Morgan fingerprint density at radius 2 is 2.08 bits per heavy atom. The van der Waals surface area contributed by atoms with E-state index in [1.54, 1.807) is 6.07 Å². The van der Waals surface area contributed by atoms with Gasteiger partial charge in [-0.1, -0.05) is 6.08 Å². The standard InChI is InChI=1S/C11H11FO/c1-11(2)6-5-8-7-9(12)3-4-10(8)13-11/h3-7H,1-2H3. The van der Waals surface area contributed by atoms with Crippen LogP contribution in [0.4, 0.5) is 4.39 Å². The Morgan fingerprint density at radius 3 is 2.85 bits per heavy atom. The molecule has 0 aliphatic carbocycles. The highest BCUT2D eigenvalue weighted by atomic mass is 19.1. The van der Waals surface area contributed by atoms with E-state index in [0.29, 0.717) is 0 Å². The molecule has 2 heteroatoms. The zero-order chi connectivity index (χ0) is 9.47. The number of hydrogen-bond acceptors (Lipinski definition) is 1. The molecule has 1 aliphatic heterocycles. The van der Waals surface area contributed by atoms with Crippen molar-refractivity contribution in [2.24, 2.45) is 0 Å². The molecule has 1 aromatic carbocycles. The van der Waals surface area contributed by atoms with Crippen LogP contribution in [0.15, 0.2) is 24.3 Å². The second-order valence-corrected chi connectivity index (χ2v) is 3.72. The van der Waals surface area contributed by atoms with Crippen LogP contribution in [-0.2, 0) is 0 Å². The van der Waals surface area contributed by atoms with Crippen molar-refractivity contribution in [2.45, 2.75) is 19.4 Å². The molecule has 68 valence electrons. The Labute approximate surface area is 76.8 Å². The van der Waals surface area contributed by atoms with E-state index in [1.165, 1.54) is 12.1 Å². The van der Waals surface area contributed by atoms with Crippen LogP contribution in [0.1, 0.15) is 19.4 Å². The van der Waals surface area contributed by atoms with Gasteiger partial charge < -0.3 is 4.74 Å². The predicted molar refractivity (Wildman–Crippen MR) is 50.1 cm³/mol. The lowest BCUT2D eigenvalue weighted by Crippen LogP contribution is -2.27. The van der Waals surface area contributed by atoms with Gasteiger partial charge in [0, 0.05) is 5.56 Å². The smallest absolute Gasteiger partial charge is 0.128 e. The van der Waals surface area contributed by atoms with Crippen LogP contribution in [0.25, 0.3) is 6.08 Å². The molecule has 0 radical (unpaired) electrons. The second kappa shape index (κ2) is 2.59. The molecule has 1 aliphatic rings. The van der Waals surface area contributed by atoms with Crippen molar-refractivity contribution >= 4 is 6.08 Å². The quantitative estimate of drug-likeness (QED) is 0.593. The third-order valence-electron chi connectivity index (χ3n) is 2.01. The summed E-state index contributed by atoms with van der Waals surface area (Å²) in [5.41, 5.74) is 0.518. The fourth-order valence-electron chi connectivity index (χ4n) is 1.35. The molecule has 0 bridgehead atoms. The number of halogens is 1. The SMILES string of the molecule is CC1(C)C=Cc2cc(F)ccc2O1. The van der Waals surface area contributed by atoms with Crippen molar-refractivity contribution in [3.05, 3.63) is 35.7 Å². The molecule has 0 saturated carbocycles. The molecule has 0 aromatic heterocycles. The molecule has 13 heavy (non-hydrogen) atoms. The van der Waals surface area contributed by atoms with Crippen molar-refractivity contribution in [2.75, 3.05) is 0 Å². The van der Waals surface area contributed by atoms with Crippen LogP contribution >= 0.6 is 0 Å². The van der Waals surface area contributed by atoms with E-state index in [4.69, 9.17) is 4.74 Å². The van der Waals surface area contributed by atoms with Crippen LogP contribution < -0.4 is 4.74 Å². The predicted octanol–water partition coefficient (Wildman–Crippen LogP) is 3.01. The molecular formula is C11H11FO. The molecule has 0 spiro atoms. The number of ether oxygens (including phenoxy) is 1. The van der Waals surface area contributed by atoms with Crippen molar-refractivity contribution in [3.8, 4) is 5.75 Å². The topological polar surface area (TPSA) is 9.23 Å². The fourth-order valence-corrected chi connectivity index (χ4v) is 1.35. The summed E-state index contributed by atoms with van der Waals surface area (Å²) in [5.74, 6) is 0.514. The van der Waals surface area contributed by atoms with Gasteiger partial charge in [-0.05, 0) is 38.1 Å². The summed E-state index contributed by atoms with van der Waals surface area (Å²) in [5, 5.41) is 0. The van der Waals surface area contributed by atoms with Crippen LogP contribution in [0.3, 0.4) is 0 Å². The molecule has 1 heterocycles. The van der Waals surface area contributed by atoms with E-state index in [1.807, 2.05) is 26.0 Å². The first-order valence-electron chi connectivity index (χ1n) is 4.25. The Morgan fingerprint density at radius 1 is 1.31 bits per heavy atom. The van der Waals surface area contributed by atoms with E-state index < -0.39 is 0 Å². The molecular weight excluding hydrogens is 167 g/mol. The van der Waals surface area contributed by atoms with Crippen LogP contribution in [0.2, 0.25) is 0 Å². The lowest BCUT2D eigenvalue weighted by molar-refractivity contribution is 0.159. The molecule has 0 amide bonds. The van der Waals surface area contributed by atoms with Crippen molar-refractivity contribution in [1.29, 1.82) is 0 Å². The summed E-state index contributed by atoms with van der Waals surface area (Å²) in [6, 6.07) is 4.55. The van der Waals surface area contributed by atoms with Gasteiger partial charge in [0.2, 0.25) is 0 Å². The Balaban J connectivity index is 2.47. The minimum Gasteiger partial charge on any atom is -0.483 e. The fraction of sp³-hybridized carbons (Fsp3) is 0.273.